The number of alkyl halides is 1. The second-order valence-electron chi connectivity index (χ2n) is 3.89. The minimum Gasteiger partial charge on any atom is -0.493 e. The number of methoxy groups -OCH3 is 2. The SMILES string of the molecule is CCC(Br)c1nnc(-c2ccc(OC)c(OC)c2)o1. The zero-order valence-corrected chi connectivity index (χ0v) is 12.6. The Morgan fingerprint density at radius 2 is 1.95 bits per heavy atom. The molecule has 102 valence electrons. The van der Waals surface area contributed by atoms with Crippen LogP contribution in [0.25, 0.3) is 11.5 Å². The molecular formula is C13H15BrN2O3. The maximum absolute atomic E-state index is 5.63. The van der Waals surface area contributed by atoms with Crippen LogP contribution in [0.2, 0.25) is 0 Å². The highest BCUT2D eigenvalue weighted by Gasteiger charge is 2.16. The van der Waals surface area contributed by atoms with Crippen molar-refractivity contribution in [3.63, 3.8) is 0 Å². The van der Waals surface area contributed by atoms with E-state index in [-0.39, 0.29) is 4.83 Å². The van der Waals surface area contributed by atoms with Gasteiger partial charge in [0.1, 0.15) is 0 Å². The van der Waals surface area contributed by atoms with Crippen LogP contribution < -0.4 is 9.47 Å². The first-order chi connectivity index (χ1) is 9.19. The number of rotatable bonds is 5. The van der Waals surface area contributed by atoms with E-state index in [1.165, 1.54) is 0 Å². The first-order valence-corrected chi connectivity index (χ1v) is 6.81. The first kappa shape index (κ1) is 13.9. The van der Waals surface area contributed by atoms with Gasteiger partial charge in [-0.05, 0) is 24.6 Å². The predicted molar refractivity (Wildman–Crippen MR) is 74.8 cm³/mol. The topological polar surface area (TPSA) is 57.4 Å². The van der Waals surface area contributed by atoms with Gasteiger partial charge in [0.15, 0.2) is 11.5 Å². The number of nitrogens with zero attached hydrogens (tertiary/aromatic N) is 2. The number of hydrogen-bond acceptors (Lipinski definition) is 5. The summed E-state index contributed by atoms with van der Waals surface area (Å²) in [6.07, 6.45) is 0.883. The molecule has 0 N–H and O–H groups in total. The molecule has 1 atom stereocenters. The van der Waals surface area contributed by atoms with Gasteiger partial charge in [-0.25, -0.2) is 0 Å². The number of benzene rings is 1. The number of aromatic nitrogens is 2. The smallest absolute Gasteiger partial charge is 0.247 e. The molecule has 0 saturated carbocycles. The summed E-state index contributed by atoms with van der Waals surface area (Å²) in [7, 11) is 3.19. The van der Waals surface area contributed by atoms with Crippen molar-refractivity contribution in [3.8, 4) is 23.0 Å². The monoisotopic (exact) mass is 326 g/mol. The molecule has 6 heteroatoms. The maximum Gasteiger partial charge on any atom is 0.247 e. The highest BCUT2D eigenvalue weighted by Crippen LogP contribution is 2.33. The van der Waals surface area contributed by atoms with Crippen LogP contribution in [0.15, 0.2) is 22.6 Å². The summed E-state index contributed by atoms with van der Waals surface area (Å²) in [5, 5.41) is 8.07. The summed E-state index contributed by atoms with van der Waals surface area (Å²) < 4.78 is 16.1. The van der Waals surface area contributed by atoms with Gasteiger partial charge in [0, 0.05) is 5.56 Å². The van der Waals surface area contributed by atoms with E-state index in [1.54, 1.807) is 14.2 Å². The third kappa shape index (κ3) is 2.89. The van der Waals surface area contributed by atoms with Gasteiger partial charge in [-0.15, -0.1) is 10.2 Å². The average molecular weight is 327 g/mol. The fourth-order valence-corrected chi connectivity index (χ4v) is 1.81. The van der Waals surface area contributed by atoms with Crippen molar-refractivity contribution >= 4 is 15.9 Å². The third-order valence-electron chi connectivity index (χ3n) is 2.70. The Kier molecular flexibility index (Phi) is 4.42. The summed E-state index contributed by atoms with van der Waals surface area (Å²) in [4.78, 5) is 0.0777. The van der Waals surface area contributed by atoms with E-state index in [0.29, 0.717) is 23.3 Å². The average Bonchev–Trinajstić information content (AvgIpc) is 2.95. The van der Waals surface area contributed by atoms with E-state index in [9.17, 15) is 0 Å². The van der Waals surface area contributed by atoms with E-state index in [0.717, 1.165) is 12.0 Å². The Bertz CT molecular complexity index is 557. The van der Waals surface area contributed by atoms with Crippen LogP contribution in [0, 0.1) is 0 Å². The summed E-state index contributed by atoms with van der Waals surface area (Å²) in [6, 6.07) is 5.47. The Hall–Kier alpha value is -1.56. The number of hydrogen-bond donors (Lipinski definition) is 0. The molecule has 1 aromatic heterocycles. The first-order valence-electron chi connectivity index (χ1n) is 5.89. The van der Waals surface area contributed by atoms with Crippen molar-refractivity contribution in [1.29, 1.82) is 0 Å². The second-order valence-corrected chi connectivity index (χ2v) is 5.00. The van der Waals surface area contributed by atoms with Crippen LogP contribution in [0.1, 0.15) is 24.1 Å². The van der Waals surface area contributed by atoms with Crippen molar-refractivity contribution in [2.45, 2.75) is 18.2 Å². The molecule has 0 bridgehead atoms. The maximum atomic E-state index is 5.63. The molecule has 5 nitrogen and oxygen atoms in total. The van der Waals surface area contributed by atoms with Gasteiger partial charge in [0.25, 0.3) is 0 Å². The van der Waals surface area contributed by atoms with Crippen molar-refractivity contribution in [1.82, 2.24) is 10.2 Å². The van der Waals surface area contributed by atoms with Crippen LogP contribution in [0.5, 0.6) is 11.5 Å². The highest BCUT2D eigenvalue weighted by molar-refractivity contribution is 9.09. The van der Waals surface area contributed by atoms with Crippen molar-refractivity contribution in [3.05, 3.63) is 24.1 Å². The van der Waals surface area contributed by atoms with Crippen LogP contribution in [-0.2, 0) is 0 Å². The normalized spacial score (nSPS) is 12.2. The van der Waals surface area contributed by atoms with Crippen LogP contribution in [0.4, 0.5) is 0 Å². The molecule has 0 aliphatic heterocycles. The van der Waals surface area contributed by atoms with Gasteiger partial charge < -0.3 is 13.9 Å². The molecule has 0 fully saturated rings. The summed E-state index contributed by atoms with van der Waals surface area (Å²) in [5.74, 6) is 2.34. The van der Waals surface area contributed by atoms with Crippen molar-refractivity contribution in [2.24, 2.45) is 0 Å². The molecule has 0 aliphatic rings. The third-order valence-corrected chi connectivity index (χ3v) is 3.74. The summed E-state index contributed by atoms with van der Waals surface area (Å²) in [6.45, 7) is 2.04. The molecular weight excluding hydrogens is 312 g/mol. The van der Waals surface area contributed by atoms with Gasteiger partial charge in [-0.2, -0.15) is 0 Å². The zero-order valence-electron chi connectivity index (χ0n) is 11.0. The van der Waals surface area contributed by atoms with E-state index < -0.39 is 0 Å². The van der Waals surface area contributed by atoms with E-state index in [1.807, 2.05) is 25.1 Å². The Morgan fingerprint density at radius 3 is 2.58 bits per heavy atom. The quantitative estimate of drug-likeness (QED) is 0.786. The molecule has 0 aliphatic carbocycles. The lowest BCUT2D eigenvalue weighted by Gasteiger charge is -2.07. The second kappa shape index (κ2) is 6.06. The summed E-state index contributed by atoms with van der Waals surface area (Å²) in [5.41, 5.74) is 0.798. The van der Waals surface area contributed by atoms with Gasteiger partial charge >= 0.3 is 0 Å². The molecule has 1 unspecified atom stereocenters. The molecule has 0 spiro atoms. The van der Waals surface area contributed by atoms with Crippen LogP contribution >= 0.6 is 15.9 Å². The molecule has 1 heterocycles. The fourth-order valence-electron chi connectivity index (χ4n) is 1.62. The fraction of sp³-hybridized carbons (Fsp3) is 0.385. The van der Waals surface area contributed by atoms with E-state index >= 15 is 0 Å². The summed E-state index contributed by atoms with van der Waals surface area (Å²) >= 11 is 3.48. The van der Waals surface area contributed by atoms with Crippen molar-refractivity contribution < 1.29 is 13.9 Å². The van der Waals surface area contributed by atoms with Crippen LogP contribution in [-0.4, -0.2) is 24.4 Å². The largest absolute Gasteiger partial charge is 0.493 e. The molecule has 19 heavy (non-hydrogen) atoms. The van der Waals surface area contributed by atoms with E-state index in [2.05, 4.69) is 26.1 Å². The lowest BCUT2D eigenvalue weighted by Crippen LogP contribution is -1.90. The number of halogens is 1. The van der Waals surface area contributed by atoms with Gasteiger partial charge in [0.2, 0.25) is 11.8 Å². The zero-order chi connectivity index (χ0) is 13.8. The lowest BCUT2D eigenvalue weighted by atomic mass is 10.2. The van der Waals surface area contributed by atoms with Gasteiger partial charge in [-0.3, -0.25) is 0 Å². The molecule has 0 amide bonds. The lowest BCUT2D eigenvalue weighted by molar-refractivity contribution is 0.355. The van der Waals surface area contributed by atoms with E-state index in [4.69, 9.17) is 13.9 Å². The minimum absolute atomic E-state index is 0.0777. The minimum atomic E-state index is 0.0777. The Balaban J connectivity index is 2.34. The molecule has 1 aromatic carbocycles. The number of ether oxygens (including phenoxy) is 2. The molecule has 0 saturated heterocycles. The standard InChI is InChI=1S/C13H15BrN2O3/c1-4-9(14)13-16-15-12(19-13)8-5-6-10(17-2)11(7-8)18-3/h5-7,9H,4H2,1-3H3. The van der Waals surface area contributed by atoms with Gasteiger partial charge in [-0.1, -0.05) is 22.9 Å². The van der Waals surface area contributed by atoms with Crippen molar-refractivity contribution in [2.75, 3.05) is 14.2 Å². The molecule has 2 rings (SSSR count). The Morgan fingerprint density at radius 1 is 1.21 bits per heavy atom. The Labute approximate surface area is 120 Å². The van der Waals surface area contributed by atoms with Crippen LogP contribution in [0.3, 0.4) is 0 Å². The molecule has 2 aromatic rings. The predicted octanol–water partition coefficient (Wildman–Crippen LogP) is 3.60. The molecule has 0 radical (unpaired) electrons. The highest BCUT2D eigenvalue weighted by atomic mass is 79.9. The van der Waals surface area contributed by atoms with Gasteiger partial charge in [0.05, 0.1) is 19.0 Å².